The normalized spacial score (nSPS) is 22.4. The fourth-order valence-electron chi connectivity index (χ4n) is 4.50. The first kappa shape index (κ1) is 18.2. The summed E-state index contributed by atoms with van der Waals surface area (Å²) in [5.74, 6) is -0.00683. The summed E-state index contributed by atoms with van der Waals surface area (Å²) in [6.07, 6.45) is 0. The lowest BCUT2D eigenvalue weighted by molar-refractivity contribution is -0.128. The molecule has 6 heteroatoms. The van der Waals surface area contributed by atoms with Crippen molar-refractivity contribution in [3.8, 4) is 0 Å². The summed E-state index contributed by atoms with van der Waals surface area (Å²) in [4.78, 5) is 38.3. The van der Waals surface area contributed by atoms with Gasteiger partial charge in [0.15, 0.2) is 0 Å². The standard InChI is InChI=1S/C22H23N3O3/c1-13(26)23-20-10-6-5-9-17(20)22(28)24-21-16-8-4-3-7-15(16)18-11-25(14(2)27)12-19(18)21/h3-10,18-19,21H,11-12H2,1-2H3,(H,23,26)(H,24,28)/t18-,19-,21+/m0/s1. The third kappa shape index (κ3) is 3.15. The highest BCUT2D eigenvalue weighted by Crippen LogP contribution is 2.49. The number of anilines is 1. The Balaban J connectivity index is 1.63. The maximum atomic E-state index is 13.1. The van der Waals surface area contributed by atoms with Crippen molar-refractivity contribution in [2.24, 2.45) is 5.92 Å². The Labute approximate surface area is 163 Å². The van der Waals surface area contributed by atoms with Gasteiger partial charge in [-0.2, -0.15) is 0 Å². The van der Waals surface area contributed by atoms with Crippen molar-refractivity contribution < 1.29 is 14.4 Å². The summed E-state index contributed by atoms with van der Waals surface area (Å²) in [7, 11) is 0. The Bertz CT molecular complexity index is 956. The second kappa shape index (κ2) is 7.11. The number of amides is 3. The number of carbonyl (C=O) groups is 3. The van der Waals surface area contributed by atoms with Crippen LogP contribution in [-0.4, -0.2) is 35.7 Å². The van der Waals surface area contributed by atoms with Gasteiger partial charge in [0.1, 0.15) is 0 Å². The topological polar surface area (TPSA) is 78.5 Å². The number of nitrogens with one attached hydrogen (secondary N) is 2. The third-order valence-corrected chi connectivity index (χ3v) is 5.74. The van der Waals surface area contributed by atoms with Crippen LogP contribution in [0.25, 0.3) is 0 Å². The number of fused-ring (bicyclic) bond motifs is 3. The second-order valence-electron chi connectivity index (χ2n) is 7.50. The molecule has 2 aromatic rings. The van der Waals surface area contributed by atoms with Gasteiger partial charge in [0, 0.05) is 38.8 Å². The van der Waals surface area contributed by atoms with Crippen molar-refractivity contribution in [3.05, 3.63) is 65.2 Å². The fourth-order valence-corrected chi connectivity index (χ4v) is 4.50. The smallest absolute Gasteiger partial charge is 0.253 e. The van der Waals surface area contributed by atoms with Crippen LogP contribution >= 0.6 is 0 Å². The van der Waals surface area contributed by atoms with Crippen LogP contribution in [0.15, 0.2) is 48.5 Å². The molecule has 2 aliphatic rings. The molecule has 2 aromatic carbocycles. The summed E-state index contributed by atoms with van der Waals surface area (Å²) < 4.78 is 0. The zero-order chi connectivity index (χ0) is 19.8. The maximum Gasteiger partial charge on any atom is 0.253 e. The van der Waals surface area contributed by atoms with E-state index in [4.69, 9.17) is 0 Å². The lowest BCUT2D eigenvalue weighted by Gasteiger charge is -2.23. The molecule has 1 heterocycles. The first-order valence-corrected chi connectivity index (χ1v) is 9.47. The van der Waals surface area contributed by atoms with Crippen molar-refractivity contribution in [2.45, 2.75) is 25.8 Å². The van der Waals surface area contributed by atoms with Gasteiger partial charge in [-0.3, -0.25) is 14.4 Å². The number of hydrogen-bond donors (Lipinski definition) is 2. The summed E-state index contributed by atoms with van der Waals surface area (Å²) in [6.45, 7) is 4.32. The van der Waals surface area contributed by atoms with Crippen molar-refractivity contribution in [1.29, 1.82) is 0 Å². The highest BCUT2D eigenvalue weighted by atomic mass is 16.2. The lowest BCUT2D eigenvalue weighted by atomic mass is 9.94. The van der Waals surface area contributed by atoms with E-state index in [0.29, 0.717) is 24.3 Å². The highest BCUT2D eigenvalue weighted by molar-refractivity contribution is 6.03. The number of carbonyl (C=O) groups excluding carboxylic acids is 3. The van der Waals surface area contributed by atoms with E-state index in [9.17, 15) is 14.4 Å². The lowest BCUT2D eigenvalue weighted by Crippen LogP contribution is -2.35. The van der Waals surface area contributed by atoms with Crippen molar-refractivity contribution >= 4 is 23.4 Å². The van der Waals surface area contributed by atoms with Gasteiger partial charge in [0.25, 0.3) is 5.91 Å². The summed E-state index contributed by atoms with van der Waals surface area (Å²) in [6, 6.07) is 14.9. The average molecular weight is 377 g/mol. The van der Waals surface area contributed by atoms with Gasteiger partial charge in [-0.05, 0) is 23.3 Å². The van der Waals surface area contributed by atoms with Crippen LogP contribution in [0.3, 0.4) is 0 Å². The molecular formula is C22H23N3O3. The number of nitrogens with zero attached hydrogens (tertiary/aromatic N) is 1. The Hall–Kier alpha value is -3.15. The molecule has 1 fully saturated rings. The van der Waals surface area contributed by atoms with Gasteiger partial charge < -0.3 is 15.5 Å². The van der Waals surface area contributed by atoms with Crippen LogP contribution in [0.4, 0.5) is 5.69 Å². The first-order chi connectivity index (χ1) is 13.5. The molecular weight excluding hydrogens is 354 g/mol. The monoisotopic (exact) mass is 377 g/mol. The minimum atomic E-state index is -0.230. The van der Waals surface area contributed by atoms with Gasteiger partial charge in [0.2, 0.25) is 11.8 Å². The van der Waals surface area contributed by atoms with Crippen molar-refractivity contribution in [1.82, 2.24) is 10.2 Å². The minimum absolute atomic E-state index is 0.0629. The molecule has 1 aliphatic heterocycles. The molecule has 0 unspecified atom stereocenters. The van der Waals surface area contributed by atoms with Gasteiger partial charge in [-0.1, -0.05) is 36.4 Å². The molecule has 0 saturated carbocycles. The molecule has 1 aliphatic carbocycles. The SMILES string of the molecule is CC(=O)Nc1ccccc1C(=O)N[C@@H]1c2ccccc2[C@@H]2CN(C(C)=O)C[C@H]12. The van der Waals surface area contributed by atoms with Gasteiger partial charge in [0.05, 0.1) is 17.3 Å². The summed E-state index contributed by atoms with van der Waals surface area (Å²) in [5, 5.41) is 5.88. The Morgan fingerprint density at radius 1 is 0.929 bits per heavy atom. The largest absolute Gasteiger partial charge is 0.345 e. The van der Waals surface area contributed by atoms with Gasteiger partial charge >= 0.3 is 0 Å². The fraction of sp³-hybridized carbons (Fsp3) is 0.318. The number of benzene rings is 2. The molecule has 0 radical (unpaired) electrons. The van der Waals surface area contributed by atoms with E-state index in [0.717, 1.165) is 5.56 Å². The molecule has 6 nitrogen and oxygen atoms in total. The summed E-state index contributed by atoms with van der Waals surface area (Å²) >= 11 is 0. The molecule has 2 N–H and O–H groups in total. The van der Waals surface area contributed by atoms with Crippen LogP contribution in [-0.2, 0) is 9.59 Å². The van der Waals surface area contributed by atoms with Crippen LogP contribution in [0, 0.1) is 5.92 Å². The van der Waals surface area contributed by atoms with Crippen molar-refractivity contribution in [2.75, 3.05) is 18.4 Å². The van der Waals surface area contributed by atoms with E-state index in [2.05, 4.69) is 22.8 Å². The molecule has 3 amide bonds. The van der Waals surface area contributed by atoms with E-state index in [1.165, 1.54) is 12.5 Å². The third-order valence-electron chi connectivity index (χ3n) is 5.74. The number of hydrogen-bond acceptors (Lipinski definition) is 3. The zero-order valence-electron chi connectivity index (χ0n) is 15.9. The maximum absolute atomic E-state index is 13.1. The van der Waals surface area contributed by atoms with E-state index in [1.807, 2.05) is 17.0 Å². The Morgan fingerprint density at radius 3 is 2.32 bits per heavy atom. The minimum Gasteiger partial charge on any atom is -0.345 e. The molecule has 0 aromatic heterocycles. The number of para-hydroxylation sites is 1. The molecule has 3 atom stereocenters. The molecule has 0 spiro atoms. The van der Waals surface area contributed by atoms with E-state index < -0.39 is 0 Å². The number of likely N-dealkylation sites (tertiary alicyclic amines) is 1. The van der Waals surface area contributed by atoms with Crippen LogP contribution in [0.1, 0.15) is 47.3 Å². The zero-order valence-corrected chi connectivity index (χ0v) is 15.9. The van der Waals surface area contributed by atoms with Gasteiger partial charge in [-0.15, -0.1) is 0 Å². The second-order valence-corrected chi connectivity index (χ2v) is 7.50. The molecule has 28 heavy (non-hydrogen) atoms. The average Bonchev–Trinajstić information content (AvgIpc) is 3.21. The Morgan fingerprint density at radius 2 is 1.61 bits per heavy atom. The first-order valence-electron chi connectivity index (χ1n) is 9.47. The van der Waals surface area contributed by atoms with E-state index >= 15 is 0 Å². The van der Waals surface area contributed by atoms with E-state index in [-0.39, 0.29) is 35.6 Å². The predicted octanol–water partition coefficient (Wildman–Crippen LogP) is 2.69. The molecule has 0 bridgehead atoms. The quantitative estimate of drug-likeness (QED) is 0.863. The Kier molecular flexibility index (Phi) is 4.63. The van der Waals surface area contributed by atoms with Crippen molar-refractivity contribution in [3.63, 3.8) is 0 Å². The predicted molar refractivity (Wildman–Crippen MR) is 106 cm³/mol. The van der Waals surface area contributed by atoms with Gasteiger partial charge in [-0.25, -0.2) is 0 Å². The van der Waals surface area contributed by atoms with Crippen LogP contribution in [0.5, 0.6) is 0 Å². The van der Waals surface area contributed by atoms with Crippen LogP contribution < -0.4 is 10.6 Å². The molecule has 4 rings (SSSR count). The molecule has 1 saturated heterocycles. The number of rotatable bonds is 3. The highest BCUT2D eigenvalue weighted by Gasteiger charge is 2.47. The van der Waals surface area contributed by atoms with Crippen LogP contribution in [0.2, 0.25) is 0 Å². The molecule has 144 valence electrons. The summed E-state index contributed by atoms with van der Waals surface area (Å²) in [5.41, 5.74) is 3.25. The van der Waals surface area contributed by atoms with E-state index in [1.54, 1.807) is 31.2 Å².